The van der Waals surface area contributed by atoms with Gasteiger partial charge in [-0.1, -0.05) is 0 Å². The van der Waals surface area contributed by atoms with Gasteiger partial charge in [0.05, 0.1) is 0 Å². The fraction of sp³-hybridized carbons (Fsp3) is 0. The van der Waals surface area contributed by atoms with Gasteiger partial charge in [0.15, 0.2) is 0 Å². The number of hydrogen-bond acceptors (Lipinski definition) is 4. The van der Waals surface area contributed by atoms with Crippen molar-refractivity contribution in [2.24, 2.45) is 0 Å². The molecule has 0 atom stereocenters. The standard InChI is InChI=1S/Ca.Mg.4O.Ti/q2*+2;4*-1;. The van der Waals surface area contributed by atoms with Crippen LogP contribution in [0.25, 0.3) is 0 Å². The van der Waals surface area contributed by atoms with Crippen LogP contribution in [-0.2, 0) is 18.1 Å². The van der Waals surface area contributed by atoms with Crippen LogP contribution in [0.3, 0.4) is 0 Å². The van der Waals surface area contributed by atoms with Gasteiger partial charge in [0.25, 0.3) is 0 Å². The molecule has 0 aromatic carbocycles. The summed E-state index contributed by atoms with van der Waals surface area (Å²) in [4.78, 5) is 0. The molecule has 0 fully saturated rings. The van der Waals surface area contributed by atoms with Crippen molar-refractivity contribution >= 4 is 60.8 Å². The summed E-state index contributed by atoms with van der Waals surface area (Å²) in [6, 6.07) is 0. The van der Waals surface area contributed by atoms with Crippen LogP contribution in [-0.4, -0.2) is 60.8 Å². The summed E-state index contributed by atoms with van der Waals surface area (Å²) in [5.74, 6) is 0. The summed E-state index contributed by atoms with van der Waals surface area (Å²) in [5.41, 5.74) is 0. The first-order chi connectivity index (χ1) is 2.00. The number of hydrogen-bond donors (Lipinski definition) is 0. The van der Waals surface area contributed by atoms with Gasteiger partial charge in [-0.2, -0.15) is 0 Å². The van der Waals surface area contributed by atoms with Crippen LogP contribution < -0.4 is 14.8 Å². The summed E-state index contributed by atoms with van der Waals surface area (Å²) in [7, 11) is 0. The zero-order chi connectivity index (χ0) is 4.50. The van der Waals surface area contributed by atoms with E-state index in [0.29, 0.717) is 0 Å². The van der Waals surface area contributed by atoms with Crippen LogP contribution in [0.1, 0.15) is 0 Å². The first kappa shape index (κ1) is 16.3. The Morgan fingerprint density at radius 2 is 0.857 bits per heavy atom. The zero-order valence-electron chi connectivity index (χ0n) is 3.55. The molecule has 0 radical (unpaired) electrons. The van der Waals surface area contributed by atoms with E-state index in [2.05, 4.69) is 0 Å². The maximum atomic E-state index is 8.62. The van der Waals surface area contributed by atoms with Gasteiger partial charge in [-0.25, -0.2) is 0 Å². The Hall–Kier alpha value is 2.58. The molecule has 4 nitrogen and oxygen atoms in total. The topological polar surface area (TPSA) is 92.2 Å². The van der Waals surface area contributed by atoms with Crippen LogP contribution >= 0.6 is 0 Å². The van der Waals surface area contributed by atoms with Gasteiger partial charge in [0.2, 0.25) is 0 Å². The molecule has 0 amide bonds. The zero-order valence-corrected chi connectivity index (χ0v) is 8.73. The quantitative estimate of drug-likeness (QED) is 0.344. The minimum atomic E-state index is -6.00. The molecular weight excluding hydrogens is 176 g/mol. The third-order valence-electron chi connectivity index (χ3n) is 0. The molecule has 0 aromatic heterocycles. The molecule has 0 N–H and O–H groups in total. The van der Waals surface area contributed by atoms with Crippen molar-refractivity contribution in [2.45, 2.75) is 0 Å². The molecule has 0 heterocycles. The van der Waals surface area contributed by atoms with Gasteiger partial charge < -0.3 is 0 Å². The second-order valence-corrected chi connectivity index (χ2v) is 2.06. The van der Waals surface area contributed by atoms with Crippen molar-refractivity contribution < 1.29 is 32.9 Å². The van der Waals surface area contributed by atoms with Gasteiger partial charge in [-0.05, 0) is 0 Å². The molecule has 0 aromatic rings. The number of rotatable bonds is 0. The molecule has 7 heavy (non-hydrogen) atoms. The van der Waals surface area contributed by atoms with E-state index in [4.69, 9.17) is 14.8 Å². The monoisotopic (exact) mass is 176 g/mol. The van der Waals surface area contributed by atoms with Gasteiger partial charge in [-0.3, -0.25) is 0 Å². The van der Waals surface area contributed by atoms with Crippen LogP contribution in [0.5, 0.6) is 0 Å². The van der Waals surface area contributed by atoms with E-state index in [0.717, 1.165) is 0 Å². The van der Waals surface area contributed by atoms with Crippen LogP contribution in [0.15, 0.2) is 0 Å². The van der Waals surface area contributed by atoms with E-state index in [9.17, 15) is 0 Å². The van der Waals surface area contributed by atoms with Crippen molar-refractivity contribution in [3.8, 4) is 0 Å². The Labute approximate surface area is 92.0 Å². The summed E-state index contributed by atoms with van der Waals surface area (Å²) in [6.45, 7) is 0. The van der Waals surface area contributed by atoms with Crippen molar-refractivity contribution in [1.29, 1.82) is 0 Å². The van der Waals surface area contributed by atoms with E-state index in [1.807, 2.05) is 0 Å². The molecule has 0 aliphatic rings. The molecule has 0 unspecified atom stereocenters. The van der Waals surface area contributed by atoms with Gasteiger partial charge in [0.1, 0.15) is 0 Å². The summed E-state index contributed by atoms with van der Waals surface area (Å²) in [6.07, 6.45) is 0. The molecule has 7 heteroatoms. The Morgan fingerprint density at radius 1 is 0.857 bits per heavy atom. The third kappa shape index (κ3) is 55.8. The van der Waals surface area contributed by atoms with E-state index in [1.165, 1.54) is 0 Å². The summed E-state index contributed by atoms with van der Waals surface area (Å²) < 4.78 is 34.5. The SMILES string of the molecule is [Ca+2].[Mg+2].[O-][Ti]([O-])([O-])[O-]. The van der Waals surface area contributed by atoms with E-state index in [1.54, 1.807) is 0 Å². The molecular formula is CaMgO4Ti. The molecule has 0 aliphatic carbocycles. The molecule has 0 saturated carbocycles. The second kappa shape index (κ2) is 6.70. The fourth-order valence-electron chi connectivity index (χ4n) is 0. The molecule has 0 rings (SSSR count). The van der Waals surface area contributed by atoms with E-state index < -0.39 is 18.1 Å². The third-order valence-corrected chi connectivity index (χ3v) is 0. The second-order valence-electron chi connectivity index (χ2n) is 0.500. The first-order valence-electron chi connectivity index (χ1n) is 0.816. The van der Waals surface area contributed by atoms with Crippen LogP contribution in [0.4, 0.5) is 0 Å². The molecule has 0 bridgehead atoms. The van der Waals surface area contributed by atoms with E-state index in [-0.39, 0.29) is 60.8 Å². The predicted octanol–water partition coefficient (Wildman–Crippen LogP) is -5.52. The van der Waals surface area contributed by atoms with Crippen molar-refractivity contribution in [3.63, 3.8) is 0 Å². The Balaban J connectivity index is -0.0000000800. The Kier molecular flexibility index (Phi) is 15.6. The van der Waals surface area contributed by atoms with Crippen molar-refractivity contribution in [3.05, 3.63) is 0 Å². The van der Waals surface area contributed by atoms with Crippen molar-refractivity contribution in [1.82, 2.24) is 0 Å². The average molecular weight is 176 g/mol. The normalized spacial score (nSPS) is 8.57. The Bertz CT molecular complexity index is 27.2. The minimum absolute atomic E-state index is 0. The molecule has 0 spiro atoms. The summed E-state index contributed by atoms with van der Waals surface area (Å²) in [5, 5.41) is 0. The van der Waals surface area contributed by atoms with Crippen LogP contribution in [0, 0.1) is 0 Å². The van der Waals surface area contributed by atoms with Crippen molar-refractivity contribution in [2.75, 3.05) is 0 Å². The molecule has 0 saturated heterocycles. The summed E-state index contributed by atoms with van der Waals surface area (Å²) >= 11 is -6.00. The van der Waals surface area contributed by atoms with Gasteiger partial charge >= 0.3 is 93.7 Å². The van der Waals surface area contributed by atoms with Gasteiger partial charge in [-0.15, -0.1) is 0 Å². The van der Waals surface area contributed by atoms with Crippen LogP contribution in [0.2, 0.25) is 0 Å². The predicted molar refractivity (Wildman–Crippen MR) is 11.5 cm³/mol. The fourth-order valence-corrected chi connectivity index (χ4v) is 0. The Morgan fingerprint density at radius 3 is 0.857 bits per heavy atom. The van der Waals surface area contributed by atoms with E-state index >= 15 is 0 Å². The maximum absolute atomic E-state index is 8.62. The molecule has 0 aliphatic heterocycles. The molecule has 32 valence electrons. The average Bonchev–Trinajstić information content (AvgIpc) is 0.722. The van der Waals surface area contributed by atoms with Gasteiger partial charge in [0, 0.05) is 0 Å². The first-order valence-corrected chi connectivity index (χ1v) is 3.37.